The Hall–Kier alpha value is -4.52. The fourth-order valence-electron chi connectivity index (χ4n) is 4.45. The Labute approximate surface area is 311 Å². The van der Waals surface area contributed by atoms with E-state index in [1.54, 1.807) is 31.3 Å². The zero-order valence-corrected chi connectivity index (χ0v) is 31.5. The van der Waals surface area contributed by atoms with Crippen molar-refractivity contribution in [3.05, 3.63) is 35.4 Å². The van der Waals surface area contributed by atoms with Crippen molar-refractivity contribution in [1.29, 1.82) is 0 Å². The molecule has 0 aromatic heterocycles. The third-order valence-corrected chi connectivity index (χ3v) is 7.50. The number of rotatable bonds is 30. The maximum atomic E-state index is 12.4. The van der Waals surface area contributed by atoms with Crippen molar-refractivity contribution in [3.8, 4) is 0 Å². The first-order valence-electron chi connectivity index (χ1n) is 17.8. The van der Waals surface area contributed by atoms with Gasteiger partial charge in [0, 0.05) is 59.0 Å². The second kappa shape index (κ2) is 30.0. The predicted molar refractivity (Wildman–Crippen MR) is 197 cm³/mol. The fourth-order valence-corrected chi connectivity index (χ4v) is 4.45. The molecule has 53 heavy (non-hydrogen) atoms. The molecular formula is C35H59N7O11. The van der Waals surface area contributed by atoms with Crippen molar-refractivity contribution in [2.24, 2.45) is 10.9 Å². The largest absolute Gasteiger partial charge is 0.447 e. The summed E-state index contributed by atoms with van der Waals surface area (Å²) in [5, 5.41) is 17.8. The van der Waals surface area contributed by atoms with Crippen molar-refractivity contribution >= 4 is 35.6 Å². The first kappa shape index (κ1) is 46.5. The van der Waals surface area contributed by atoms with Crippen molar-refractivity contribution in [2.45, 2.75) is 64.0 Å². The molecule has 0 unspecified atom stereocenters. The summed E-state index contributed by atoms with van der Waals surface area (Å²) in [6, 6.07) is 6.69. The number of amides is 5. The van der Waals surface area contributed by atoms with Gasteiger partial charge in [0.05, 0.1) is 25.0 Å². The number of likely N-dealkylation sites (N-methyl/N-ethyl adjacent to an activating group) is 1. The summed E-state index contributed by atoms with van der Waals surface area (Å²) in [6.45, 7) is 4.22. The number of nitrogens with one attached hydrogen (secondary N) is 5. The quantitative estimate of drug-likeness (QED) is 0.0369. The van der Waals surface area contributed by atoms with Crippen LogP contribution in [0.15, 0.2) is 29.4 Å². The van der Waals surface area contributed by atoms with Gasteiger partial charge in [-0.3, -0.25) is 14.4 Å². The van der Waals surface area contributed by atoms with E-state index in [1.807, 2.05) is 6.92 Å². The van der Waals surface area contributed by atoms with Crippen LogP contribution < -0.4 is 32.3 Å². The first-order chi connectivity index (χ1) is 25.6. The molecule has 0 saturated heterocycles. The molecule has 0 saturated carbocycles. The van der Waals surface area contributed by atoms with Crippen molar-refractivity contribution in [1.82, 2.24) is 26.6 Å². The molecule has 18 heteroatoms. The molecule has 300 valence electrons. The summed E-state index contributed by atoms with van der Waals surface area (Å²) >= 11 is 0. The molecule has 0 radical (unpaired) electrons. The number of nitrogens with zero attached hydrogens (tertiary/aromatic N) is 1. The van der Waals surface area contributed by atoms with Gasteiger partial charge in [-0.15, -0.1) is 0 Å². The summed E-state index contributed by atoms with van der Waals surface area (Å²) in [4.78, 5) is 65.1. The van der Waals surface area contributed by atoms with Crippen LogP contribution >= 0.6 is 0 Å². The van der Waals surface area contributed by atoms with Gasteiger partial charge < -0.3 is 60.8 Å². The highest BCUT2D eigenvalue weighted by atomic mass is 16.6. The molecule has 0 fully saturated rings. The third-order valence-electron chi connectivity index (χ3n) is 7.50. The SMILES string of the molecule is CN[C@@H](CCCCNC(=O)c1ccc(/C(C)=N\OCCCCNC(=O)CCCOC(COC(=O)NCCOC)COC(=O)NCCOC)cc1)C(N)=O. The molecule has 0 aliphatic carbocycles. The Morgan fingerprint density at radius 1 is 0.717 bits per heavy atom. The van der Waals surface area contributed by atoms with Crippen molar-refractivity contribution in [2.75, 3.05) is 87.1 Å². The minimum atomic E-state index is -0.730. The van der Waals surface area contributed by atoms with Gasteiger partial charge in [-0.05, 0) is 70.2 Å². The van der Waals surface area contributed by atoms with Gasteiger partial charge in [0.1, 0.15) is 25.9 Å². The van der Waals surface area contributed by atoms with Crippen LogP contribution in [0.2, 0.25) is 0 Å². The van der Waals surface area contributed by atoms with E-state index in [-0.39, 0.29) is 63.1 Å². The summed E-state index contributed by atoms with van der Waals surface area (Å²) in [7, 11) is 4.71. The van der Waals surface area contributed by atoms with Gasteiger partial charge in [-0.1, -0.05) is 17.3 Å². The monoisotopic (exact) mass is 753 g/mol. The molecule has 0 heterocycles. The maximum absolute atomic E-state index is 12.4. The summed E-state index contributed by atoms with van der Waals surface area (Å²) in [5.74, 6) is -0.701. The lowest BCUT2D eigenvalue weighted by molar-refractivity contribution is -0.122. The maximum Gasteiger partial charge on any atom is 0.407 e. The molecule has 1 atom stereocenters. The number of hydrogen-bond acceptors (Lipinski definition) is 13. The van der Waals surface area contributed by atoms with Crippen LogP contribution in [0.4, 0.5) is 9.59 Å². The molecular weight excluding hydrogens is 694 g/mol. The number of carbonyl (C=O) groups is 5. The molecule has 18 nitrogen and oxygen atoms in total. The average Bonchev–Trinajstić information content (AvgIpc) is 3.15. The van der Waals surface area contributed by atoms with Crippen LogP contribution in [-0.4, -0.2) is 135 Å². The minimum absolute atomic E-state index is 0.137. The highest BCUT2D eigenvalue weighted by Gasteiger charge is 2.16. The lowest BCUT2D eigenvalue weighted by atomic mass is 10.1. The number of ether oxygens (including phenoxy) is 5. The molecule has 5 amide bonds. The zero-order valence-electron chi connectivity index (χ0n) is 31.5. The molecule has 7 N–H and O–H groups in total. The van der Waals surface area contributed by atoms with Crippen LogP contribution in [0.1, 0.15) is 67.8 Å². The summed E-state index contributed by atoms with van der Waals surface area (Å²) in [6.07, 6.45) is 2.05. The number of nitrogens with two attached hydrogens (primary N) is 1. The topological polar surface area (TPSA) is 239 Å². The smallest absolute Gasteiger partial charge is 0.407 e. The molecule has 1 aromatic rings. The van der Waals surface area contributed by atoms with E-state index < -0.39 is 18.3 Å². The van der Waals surface area contributed by atoms with Crippen LogP contribution in [0.3, 0.4) is 0 Å². The number of methoxy groups -OCH3 is 2. The molecule has 0 aliphatic heterocycles. The van der Waals surface area contributed by atoms with Crippen LogP contribution in [-0.2, 0) is 38.1 Å². The Morgan fingerprint density at radius 2 is 1.30 bits per heavy atom. The summed E-state index contributed by atoms with van der Waals surface area (Å²) in [5.41, 5.74) is 7.33. The third kappa shape index (κ3) is 23.6. The molecule has 1 aromatic carbocycles. The van der Waals surface area contributed by atoms with Gasteiger partial charge in [0.15, 0.2) is 0 Å². The Kier molecular flexibility index (Phi) is 26.3. The molecule has 0 aliphatic rings. The highest BCUT2D eigenvalue weighted by Crippen LogP contribution is 2.08. The van der Waals surface area contributed by atoms with E-state index in [0.29, 0.717) is 69.9 Å². The van der Waals surface area contributed by atoms with Crippen molar-refractivity contribution < 1.29 is 52.5 Å². The van der Waals surface area contributed by atoms with Crippen LogP contribution in [0, 0.1) is 0 Å². The van der Waals surface area contributed by atoms with E-state index in [4.69, 9.17) is 34.3 Å². The Balaban J connectivity index is 2.27. The second-order valence-corrected chi connectivity index (χ2v) is 11.8. The van der Waals surface area contributed by atoms with Gasteiger partial charge in [0.2, 0.25) is 11.8 Å². The fraction of sp³-hybridized carbons (Fsp3) is 0.657. The normalized spacial score (nSPS) is 11.8. The molecule has 1 rings (SSSR count). The van der Waals surface area contributed by atoms with Crippen LogP contribution in [0.25, 0.3) is 0 Å². The average molecular weight is 754 g/mol. The van der Waals surface area contributed by atoms with E-state index in [0.717, 1.165) is 18.4 Å². The number of alkyl carbamates (subject to hydrolysis) is 2. The number of hydrogen-bond donors (Lipinski definition) is 6. The number of unbranched alkanes of at least 4 members (excludes halogenated alkanes) is 2. The lowest BCUT2D eigenvalue weighted by Crippen LogP contribution is -2.39. The Morgan fingerprint density at radius 3 is 1.89 bits per heavy atom. The number of primary amides is 1. The second-order valence-electron chi connectivity index (χ2n) is 11.8. The molecule has 0 spiro atoms. The predicted octanol–water partition coefficient (Wildman–Crippen LogP) is 1.21. The van der Waals surface area contributed by atoms with Gasteiger partial charge in [-0.2, -0.15) is 0 Å². The zero-order chi connectivity index (χ0) is 39.1. The Bertz CT molecular complexity index is 1210. The highest BCUT2D eigenvalue weighted by molar-refractivity contribution is 6.00. The van der Waals surface area contributed by atoms with Crippen molar-refractivity contribution in [3.63, 3.8) is 0 Å². The first-order valence-corrected chi connectivity index (χ1v) is 17.8. The van der Waals surface area contributed by atoms with E-state index >= 15 is 0 Å². The van der Waals surface area contributed by atoms with Gasteiger partial charge in [0.25, 0.3) is 5.91 Å². The number of oxime groups is 1. The number of benzene rings is 1. The van der Waals surface area contributed by atoms with Gasteiger partial charge >= 0.3 is 12.2 Å². The molecule has 0 bridgehead atoms. The van der Waals surface area contributed by atoms with Crippen LogP contribution in [0.5, 0.6) is 0 Å². The van der Waals surface area contributed by atoms with Gasteiger partial charge in [-0.25, -0.2) is 9.59 Å². The minimum Gasteiger partial charge on any atom is -0.447 e. The summed E-state index contributed by atoms with van der Waals surface area (Å²) < 4.78 is 25.8. The number of carbonyl (C=O) groups excluding carboxylic acids is 5. The van der Waals surface area contributed by atoms with E-state index in [2.05, 4.69) is 31.7 Å². The lowest BCUT2D eigenvalue weighted by Gasteiger charge is -2.18. The van der Waals surface area contributed by atoms with E-state index in [1.165, 1.54) is 14.2 Å². The standard InChI is InChI=1S/C35H59N7O11/c1-26(27-12-14-28(15-13-27)33(45)39-17-6-5-10-30(37-2)32(36)44)42-53-21-8-7-16-38-31(43)11-9-20-50-29(24-51-34(46)40-18-22-48-3)25-52-35(47)41-19-23-49-4/h12-15,29-30,37H,5-11,16-25H2,1-4H3,(H2,36,44)(H,38,43)(H,39,45)(H,40,46)(H,41,47)/b42-26-/t30-/m0/s1. The van der Waals surface area contributed by atoms with E-state index in [9.17, 15) is 24.0 Å².